The molecule has 2 aromatic carbocycles. The highest BCUT2D eigenvalue weighted by molar-refractivity contribution is 5.99. The van der Waals surface area contributed by atoms with E-state index in [2.05, 4.69) is 84.6 Å². The van der Waals surface area contributed by atoms with Crippen LogP contribution in [0.4, 0.5) is 0 Å². The van der Waals surface area contributed by atoms with Crippen molar-refractivity contribution in [3.63, 3.8) is 0 Å². The van der Waals surface area contributed by atoms with Gasteiger partial charge in [0.15, 0.2) is 0 Å². The number of aliphatic hydroxyl groups is 1. The first-order valence-corrected chi connectivity index (χ1v) is 10.9. The summed E-state index contributed by atoms with van der Waals surface area (Å²) in [6.45, 7) is 4.47. The summed E-state index contributed by atoms with van der Waals surface area (Å²) in [5.74, 6) is 0.876. The number of aliphatic hydroxyl groups excluding tert-OH is 1. The van der Waals surface area contributed by atoms with E-state index in [-0.39, 0.29) is 6.61 Å². The van der Waals surface area contributed by atoms with Crippen molar-refractivity contribution in [2.45, 2.75) is 26.2 Å². The highest BCUT2D eigenvalue weighted by Gasteiger charge is 2.15. The van der Waals surface area contributed by atoms with Crippen molar-refractivity contribution in [2.24, 2.45) is 0 Å². The second-order valence-electron chi connectivity index (χ2n) is 7.61. The summed E-state index contributed by atoms with van der Waals surface area (Å²) in [4.78, 5) is 2.06. The fourth-order valence-corrected chi connectivity index (χ4v) is 3.80. The normalized spacial score (nSPS) is 14.5. The fraction of sp³-hybridized carbons (Fsp3) is 0.333. The van der Waals surface area contributed by atoms with Gasteiger partial charge in [-0.15, -0.1) is 0 Å². The summed E-state index contributed by atoms with van der Waals surface area (Å²) in [5.41, 5.74) is 6.49. The third-order valence-electron chi connectivity index (χ3n) is 5.43. The van der Waals surface area contributed by atoms with Crippen LogP contribution in [0.2, 0.25) is 0 Å². The van der Waals surface area contributed by atoms with Gasteiger partial charge in [0.1, 0.15) is 12.4 Å². The van der Waals surface area contributed by atoms with Gasteiger partial charge in [-0.2, -0.15) is 0 Å². The lowest BCUT2D eigenvalue weighted by molar-refractivity contribution is 0.192. The minimum atomic E-state index is 0.172. The molecule has 0 saturated heterocycles. The molecule has 3 nitrogen and oxygen atoms in total. The topological polar surface area (TPSA) is 32.7 Å². The van der Waals surface area contributed by atoms with Crippen LogP contribution in [0.1, 0.15) is 37.3 Å². The lowest BCUT2D eigenvalue weighted by atomic mass is 9.86. The summed E-state index contributed by atoms with van der Waals surface area (Å²) in [6.07, 6.45) is 10.1. The van der Waals surface area contributed by atoms with Crippen LogP contribution in [-0.4, -0.2) is 43.4 Å². The van der Waals surface area contributed by atoms with E-state index in [4.69, 9.17) is 9.84 Å². The summed E-state index contributed by atoms with van der Waals surface area (Å²) in [5, 5.41) is 8.99. The minimum Gasteiger partial charge on any atom is -0.492 e. The minimum absolute atomic E-state index is 0.172. The molecule has 1 aliphatic carbocycles. The molecule has 158 valence electrons. The Hall–Kier alpha value is -2.62. The second kappa shape index (κ2) is 11.5. The zero-order chi connectivity index (χ0) is 21.2. The molecule has 0 aromatic heterocycles. The first-order chi connectivity index (χ1) is 14.7. The molecule has 0 unspecified atom stereocenters. The molecule has 3 rings (SSSR count). The summed E-state index contributed by atoms with van der Waals surface area (Å²) < 4.78 is 5.91. The molecule has 0 atom stereocenters. The lowest BCUT2D eigenvalue weighted by Gasteiger charge is -2.19. The van der Waals surface area contributed by atoms with Gasteiger partial charge < -0.3 is 14.7 Å². The number of ether oxygens (including phenoxy) is 1. The molecule has 0 amide bonds. The molecular weight excluding hydrogens is 370 g/mol. The van der Waals surface area contributed by atoms with E-state index in [1.165, 1.54) is 27.8 Å². The molecular formula is C27H33NO2. The fourth-order valence-electron chi connectivity index (χ4n) is 3.80. The Morgan fingerprint density at radius 1 is 0.967 bits per heavy atom. The zero-order valence-electron chi connectivity index (χ0n) is 18.2. The number of rotatable bonds is 10. The van der Waals surface area contributed by atoms with E-state index in [9.17, 15) is 0 Å². The Balaban J connectivity index is 1.87. The predicted molar refractivity (Wildman–Crippen MR) is 127 cm³/mol. The molecule has 1 aliphatic rings. The van der Waals surface area contributed by atoms with Crippen LogP contribution in [0.5, 0.6) is 5.75 Å². The quantitative estimate of drug-likeness (QED) is 0.525. The molecule has 0 heterocycles. The number of allylic oxidation sites excluding steroid dienone is 6. The van der Waals surface area contributed by atoms with E-state index in [1.807, 2.05) is 7.05 Å². The van der Waals surface area contributed by atoms with Crippen molar-refractivity contribution in [3.05, 3.63) is 89.5 Å². The van der Waals surface area contributed by atoms with Gasteiger partial charge >= 0.3 is 0 Å². The van der Waals surface area contributed by atoms with Gasteiger partial charge in [0.25, 0.3) is 0 Å². The van der Waals surface area contributed by atoms with Crippen LogP contribution in [0.25, 0.3) is 11.1 Å². The SMILES string of the molecule is CC/C(=C(\C1=CCCC=C1)c1ccc(OCCN(C)CCO)cc1)c1ccccc1. The first kappa shape index (κ1) is 22.1. The molecule has 30 heavy (non-hydrogen) atoms. The summed E-state index contributed by atoms with van der Waals surface area (Å²) in [7, 11) is 1.99. The first-order valence-electron chi connectivity index (χ1n) is 10.9. The Labute approximate surface area is 181 Å². The molecule has 0 bridgehead atoms. The average Bonchev–Trinajstić information content (AvgIpc) is 2.79. The molecule has 0 saturated carbocycles. The van der Waals surface area contributed by atoms with E-state index in [0.717, 1.165) is 31.6 Å². The van der Waals surface area contributed by atoms with Crippen molar-refractivity contribution in [1.82, 2.24) is 4.90 Å². The maximum Gasteiger partial charge on any atom is 0.119 e. The smallest absolute Gasteiger partial charge is 0.119 e. The standard InChI is InChI=1S/C27H33NO2/c1-3-26(22-10-6-4-7-11-22)27(23-12-8-5-9-13-23)24-14-16-25(17-15-24)30-21-19-28(2)18-20-29/h4,6-8,10-17,29H,3,5,9,18-21H2,1-2H3/b27-26-. The number of nitrogens with zero attached hydrogens (tertiary/aromatic N) is 1. The molecule has 0 aliphatic heterocycles. The molecule has 0 radical (unpaired) electrons. The molecule has 0 spiro atoms. The zero-order valence-corrected chi connectivity index (χ0v) is 18.2. The lowest BCUT2D eigenvalue weighted by Crippen LogP contribution is -2.27. The van der Waals surface area contributed by atoms with Gasteiger partial charge in [0, 0.05) is 13.1 Å². The van der Waals surface area contributed by atoms with Gasteiger partial charge in [-0.3, -0.25) is 0 Å². The van der Waals surface area contributed by atoms with Crippen LogP contribution in [-0.2, 0) is 0 Å². The van der Waals surface area contributed by atoms with Gasteiger partial charge in [0.2, 0.25) is 0 Å². The Bertz CT molecular complexity index is 879. The van der Waals surface area contributed by atoms with Crippen molar-refractivity contribution < 1.29 is 9.84 Å². The maximum absolute atomic E-state index is 8.99. The Morgan fingerprint density at radius 2 is 1.73 bits per heavy atom. The molecule has 2 aromatic rings. The Kier molecular flexibility index (Phi) is 8.49. The van der Waals surface area contributed by atoms with E-state index in [1.54, 1.807) is 0 Å². The van der Waals surface area contributed by atoms with E-state index >= 15 is 0 Å². The highest BCUT2D eigenvalue weighted by Crippen LogP contribution is 2.36. The van der Waals surface area contributed by atoms with Crippen molar-refractivity contribution in [1.29, 1.82) is 0 Å². The van der Waals surface area contributed by atoms with Crippen molar-refractivity contribution >= 4 is 11.1 Å². The van der Waals surface area contributed by atoms with Crippen LogP contribution < -0.4 is 4.74 Å². The monoisotopic (exact) mass is 403 g/mol. The van der Waals surface area contributed by atoms with Crippen LogP contribution in [0, 0.1) is 0 Å². The van der Waals surface area contributed by atoms with Gasteiger partial charge in [-0.1, -0.05) is 67.6 Å². The van der Waals surface area contributed by atoms with Crippen LogP contribution >= 0.6 is 0 Å². The average molecular weight is 404 g/mol. The van der Waals surface area contributed by atoms with Crippen molar-refractivity contribution in [3.8, 4) is 5.75 Å². The van der Waals surface area contributed by atoms with Crippen LogP contribution in [0.15, 0.2) is 78.4 Å². The Morgan fingerprint density at radius 3 is 2.37 bits per heavy atom. The second-order valence-corrected chi connectivity index (χ2v) is 7.61. The van der Waals surface area contributed by atoms with Crippen LogP contribution in [0.3, 0.4) is 0 Å². The molecule has 1 N–H and O–H groups in total. The molecule has 3 heteroatoms. The predicted octanol–water partition coefficient (Wildman–Crippen LogP) is 5.59. The van der Waals surface area contributed by atoms with E-state index in [0.29, 0.717) is 13.2 Å². The van der Waals surface area contributed by atoms with Gasteiger partial charge in [-0.25, -0.2) is 0 Å². The largest absolute Gasteiger partial charge is 0.492 e. The third kappa shape index (κ3) is 5.94. The number of likely N-dealkylation sites (N-methyl/N-ethyl adjacent to an activating group) is 1. The molecule has 0 fully saturated rings. The van der Waals surface area contributed by atoms with Crippen molar-refractivity contribution in [2.75, 3.05) is 33.4 Å². The number of hydrogen-bond acceptors (Lipinski definition) is 3. The maximum atomic E-state index is 8.99. The van der Waals surface area contributed by atoms with Gasteiger partial charge in [-0.05, 0) is 66.3 Å². The van der Waals surface area contributed by atoms with Gasteiger partial charge in [0.05, 0.1) is 6.61 Å². The highest BCUT2D eigenvalue weighted by atomic mass is 16.5. The van der Waals surface area contributed by atoms with E-state index < -0.39 is 0 Å². The summed E-state index contributed by atoms with van der Waals surface area (Å²) >= 11 is 0. The number of benzene rings is 2. The third-order valence-corrected chi connectivity index (χ3v) is 5.43. The number of hydrogen-bond donors (Lipinski definition) is 1. The summed E-state index contributed by atoms with van der Waals surface area (Å²) in [6, 6.07) is 19.2.